The number of hydrogen-bond donors (Lipinski definition) is 2. The first-order valence-corrected chi connectivity index (χ1v) is 6.84. The third-order valence-electron chi connectivity index (χ3n) is 2.75. The van der Waals surface area contributed by atoms with Crippen molar-refractivity contribution >= 4 is 17.7 Å². The van der Waals surface area contributed by atoms with Crippen LogP contribution in [0.4, 0.5) is 0 Å². The molecule has 1 unspecified atom stereocenters. The predicted molar refractivity (Wildman–Crippen MR) is 68.3 cm³/mol. The van der Waals surface area contributed by atoms with Crippen molar-refractivity contribution in [2.75, 3.05) is 12.3 Å². The molecule has 0 aromatic carbocycles. The summed E-state index contributed by atoms with van der Waals surface area (Å²) in [6.45, 7) is 0.694. The maximum absolute atomic E-state index is 11.8. The minimum Gasteiger partial charge on any atom is -0.506 e. The van der Waals surface area contributed by atoms with Gasteiger partial charge in [-0.25, -0.2) is 0 Å². The van der Waals surface area contributed by atoms with Gasteiger partial charge in [-0.15, -0.1) is 0 Å². The van der Waals surface area contributed by atoms with Crippen molar-refractivity contribution in [1.29, 1.82) is 0 Å². The summed E-state index contributed by atoms with van der Waals surface area (Å²) in [5.74, 6) is 1.04. The van der Waals surface area contributed by atoms with Crippen LogP contribution >= 0.6 is 11.8 Å². The summed E-state index contributed by atoms with van der Waals surface area (Å²) in [5.41, 5.74) is 0.408. The van der Waals surface area contributed by atoms with E-state index in [0.717, 1.165) is 0 Å². The second-order valence-corrected chi connectivity index (χ2v) is 5.54. The highest BCUT2D eigenvalue weighted by atomic mass is 32.2. The fraction of sp³-hybridized carbons (Fsp3) is 0.500. The van der Waals surface area contributed by atoms with Crippen molar-refractivity contribution in [2.45, 2.75) is 24.5 Å². The van der Waals surface area contributed by atoms with Crippen molar-refractivity contribution in [3.63, 3.8) is 0 Å². The number of rotatable bonds is 3. The predicted octanol–water partition coefficient (Wildman–Crippen LogP) is 1.80. The molecule has 1 aromatic heterocycles. The number of thioether (sulfide) groups is 1. The monoisotopic (exact) mass is 252 g/mol. The summed E-state index contributed by atoms with van der Waals surface area (Å²) >= 11 is 1.92. The largest absolute Gasteiger partial charge is 0.506 e. The van der Waals surface area contributed by atoms with Crippen LogP contribution in [0.3, 0.4) is 0 Å². The highest BCUT2D eigenvalue weighted by molar-refractivity contribution is 7.99. The van der Waals surface area contributed by atoms with Gasteiger partial charge in [-0.1, -0.05) is 6.42 Å². The maximum atomic E-state index is 11.8. The second-order valence-electron chi connectivity index (χ2n) is 4.13. The van der Waals surface area contributed by atoms with Gasteiger partial charge in [0.15, 0.2) is 0 Å². The summed E-state index contributed by atoms with van der Waals surface area (Å²) in [6, 6.07) is 1.43. The van der Waals surface area contributed by atoms with Crippen LogP contribution in [0.1, 0.15) is 29.6 Å². The van der Waals surface area contributed by atoms with Gasteiger partial charge in [-0.2, -0.15) is 11.8 Å². The molecule has 0 aliphatic carbocycles. The molecule has 4 nitrogen and oxygen atoms in total. The third-order valence-corrected chi connectivity index (χ3v) is 4.15. The molecule has 0 radical (unpaired) electrons. The minimum absolute atomic E-state index is 0.0182. The van der Waals surface area contributed by atoms with Crippen molar-refractivity contribution in [3.05, 3.63) is 24.0 Å². The Hall–Kier alpha value is -1.23. The molecule has 1 aliphatic rings. The molecule has 1 aromatic rings. The molecule has 0 spiro atoms. The number of pyridine rings is 1. The lowest BCUT2D eigenvalue weighted by Crippen LogP contribution is -2.31. The Labute approximate surface area is 105 Å². The van der Waals surface area contributed by atoms with Gasteiger partial charge in [0.05, 0.1) is 11.8 Å². The molecule has 17 heavy (non-hydrogen) atoms. The summed E-state index contributed by atoms with van der Waals surface area (Å²) < 4.78 is 0. The number of nitrogens with one attached hydrogen (secondary N) is 1. The van der Waals surface area contributed by atoms with Gasteiger partial charge >= 0.3 is 0 Å². The highest BCUT2D eigenvalue weighted by Gasteiger charge is 2.15. The minimum atomic E-state index is -0.167. The lowest BCUT2D eigenvalue weighted by molar-refractivity contribution is 0.0952. The van der Waals surface area contributed by atoms with E-state index in [4.69, 9.17) is 0 Å². The van der Waals surface area contributed by atoms with E-state index in [-0.39, 0.29) is 11.7 Å². The van der Waals surface area contributed by atoms with Crippen LogP contribution in [0, 0.1) is 0 Å². The Morgan fingerprint density at radius 3 is 3.12 bits per heavy atom. The highest BCUT2D eigenvalue weighted by Crippen LogP contribution is 2.24. The maximum Gasteiger partial charge on any atom is 0.253 e. The Bertz CT molecular complexity index is 392. The van der Waals surface area contributed by atoms with Crippen LogP contribution in [-0.4, -0.2) is 33.5 Å². The molecule has 0 saturated carbocycles. The Morgan fingerprint density at radius 2 is 2.41 bits per heavy atom. The Balaban J connectivity index is 1.84. The molecule has 2 heterocycles. The van der Waals surface area contributed by atoms with Crippen LogP contribution < -0.4 is 5.32 Å². The first-order chi connectivity index (χ1) is 8.25. The number of aromatic nitrogens is 1. The van der Waals surface area contributed by atoms with Gasteiger partial charge in [-0.3, -0.25) is 9.78 Å². The summed E-state index contributed by atoms with van der Waals surface area (Å²) in [6.07, 6.45) is 6.48. The average Bonchev–Trinajstić information content (AvgIpc) is 2.37. The van der Waals surface area contributed by atoms with Gasteiger partial charge in [0.25, 0.3) is 5.91 Å². The topological polar surface area (TPSA) is 62.2 Å². The smallest absolute Gasteiger partial charge is 0.253 e. The number of amides is 1. The number of nitrogens with zero attached hydrogens (tertiary/aromatic N) is 1. The molecule has 1 amide bonds. The number of aromatic hydroxyl groups is 1. The molecular weight excluding hydrogens is 236 g/mol. The van der Waals surface area contributed by atoms with E-state index in [1.165, 1.54) is 43.5 Å². The van der Waals surface area contributed by atoms with Gasteiger partial charge in [-0.05, 0) is 24.7 Å². The molecule has 2 rings (SSSR count). The van der Waals surface area contributed by atoms with Crippen molar-refractivity contribution in [1.82, 2.24) is 10.3 Å². The molecule has 1 aliphatic heterocycles. The summed E-state index contributed by atoms with van der Waals surface area (Å²) in [5, 5.41) is 12.6. The molecule has 5 heteroatoms. The lowest BCUT2D eigenvalue weighted by atomic mass is 10.2. The van der Waals surface area contributed by atoms with E-state index in [2.05, 4.69) is 10.3 Å². The average molecular weight is 252 g/mol. The van der Waals surface area contributed by atoms with E-state index < -0.39 is 0 Å². The fourth-order valence-corrected chi connectivity index (χ4v) is 3.07. The lowest BCUT2D eigenvalue weighted by Gasteiger charge is -2.21. The molecule has 1 saturated heterocycles. The number of hydrogen-bond acceptors (Lipinski definition) is 4. The van der Waals surface area contributed by atoms with Crippen molar-refractivity contribution < 1.29 is 9.90 Å². The van der Waals surface area contributed by atoms with Crippen molar-refractivity contribution in [2.24, 2.45) is 0 Å². The second kappa shape index (κ2) is 5.91. The van der Waals surface area contributed by atoms with E-state index >= 15 is 0 Å². The van der Waals surface area contributed by atoms with E-state index in [9.17, 15) is 9.90 Å². The molecular formula is C12H16N2O2S. The summed E-state index contributed by atoms with van der Waals surface area (Å²) in [7, 11) is 0. The van der Waals surface area contributed by atoms with Gasteiger partial charge < -0.3 is 10.4 Å². The van der Waals surface area contributed by atoms with Crippen LogP contribution in [0.2, 0.25) is 0 Å². The number of carbonyl (C=O) groups is 1. The molecule has 1 fully saturated rings. The van der Waals surface area contributed by atoms with Crippen molar-refractivity contribution in [3.8, 4) is 5.75 Å². The number of carbonyl (C=O) groups excluding carboxylic acids is 1. The zero-order valence-corrected chi connectivity index (χ0v) is 10.4. The Morgan fingerprint density at radius 1 is 1.53 bits per heavy atom. The van der Waals surface area contributed by atoms with Gasteiger partial charge in [0, 0.05) is 18.0 Å². The fourth-order valence-electron chi connectivity index (χ4n) is 1.83. The van der Waals surface area contributed by atoms with E-state index in [1.807, 2.05) is 11.8 Å². The first kappa shape index (κ1) is 12.2. The first-order valence-electron chi connectivity index (χ1n) is 5.79. The molecule has 0 bridgehead atoms. The molecule has 1 atom stereocenters. The van der Waals surface area contributed by atoms with E-state index in [1.54, 1.807) is 0 Å². The quantitative estimate of drug-likeness (QED) is 0.861. The van der Waals surface area contributed by atoms with Crippen LogP contribution in [0.25, 0.3) is 0 Å². The molecule has 2 N–H and O–H groups in total. The van der Waals surface area contributed by atoms with Gasteiger partial charge in [0.2, 0.25) is 0 Å². The normalized spacial score (nSPS) is 19.9. The standard InChI is InChI=1S/C12H16N2O2S/c15-10-5-9(6-13-7-10)12(16)14-8-11-3-1-2-4-17-11/h5-7,11,15H,1-4,8H2,(H,14,16). The zero-order chi connectivity index (χ0) is 12.1. The molecule has 92 valence electrons. The summed E-state index contributed by atoms with van der Waals surface area (Å²) in [4.78, 5) is 15.6. The van der Waals surface area contributed by atoms with Crippen LogP contribution in [-0.2, 0) is 0 Å². The third kappa shape index (κ3) is 3.63. The van der Waals surface area contributed by atoms with Crippen LogP contribution in [0.15, 0.2) is 18.5 Å². The Kier molecular flexibility index (Phi) is 4.25. The van der Waals surface area contributed by atoms with Gasteiger partial charge in [0.1, 0.15) is 5.75 Å². The van der Waals surface area contributed by atoms with E-state index in [0.29, 0.717) is 17.4 Å². The van der Waals surface area contributed by atoms with Crippen LogP contribution in [0.5, 0.6) is 5.75 Å². The zero-order valence-electron chi connectivity index (χ0n) is 9.56. The SMILES string of the molecule is O=C(NCC1CCCCS1)c1cncc(O)c1.